The zero-order valence-electron chi connectivity index (χ0n) is 7.51. The fraction of sp³-hybridized carbons (Fsp3) is 0.375. The highest BCUT2D eigenvalue weighted by molar-refractivity contribution is 7.71. The minimum Gasteiger partial charge on any atom is -0.340 e. The molecule has 5 heteroatoms. The van der Waals surface area contributed by atoms with Crippen LogP contribution in [-0.2, 0) is 6.42 Å². The molecule has 0 aliphatic heterocycles. The van der Waals surface area contributed by atoms with Gasteiger partial charge in [0, 0.05) is 5.69 Å². The minimum absolute atomic E-state index is 0.736. The van der Waals surface area contributed by atoms with Crippen LogP contribution in [0.2, 0.25) is 0 Å². The number of hydrogen-bond donors (Lipinski definition) is 2. The molecule has 0 unspecified atom stereocenters. The van der Waals surface area contributed by atoms with Crippen LogP contribution < -0.4 is 0 Å². The molecule has 0 saturated heterocycles. The van der Waals surface area contributed by atoms with E-state index in [2.05, 4.69) is 27.3 Å². The number of hydrogen-bond acceptors (Lipinski definition) is 3. The van der Waals surface area contributed by atoms with Crippen molar-refractivity contribution in [3.63, 3.8) is 0 Å². The number of aromatic amines is 2. The number of aromatic nitrogens is 4. The van der Waals surface area contributed by atoms with Crippen molar-refractivity contribution in [2.45, 2.75) is 20.3 Å². The zero-order valence-corrected chi connectivity index (χ0v) is 8.33. The van der Waals surface area contributed by atoms with Crippen molar-refractivity contribution in [3.05, 3.63) is 15.8 Å². The third-order valence-corrected chi connectivity index (χ3v) is 2.59. The van der Waals surface area contributed by atoms with E-state index in [-0.39, 0.29) is 0 Å². The smallest absolute Gasteiger partial charge is 0.181 e. The summed E-state index contributed by atoms with van der Waals surface area (Å²) in [5.74, 6) is 0. The van der Waals surface area contributed by atoms with Gasteiger partial charge < -0.3 is 4.98 Å². The van der Waals surface area contributed by atoms with Gasteiger partial charge in [0.25, 0.3) is 0 Å². The fourth-order valence-electron chi connectivity index (χ4n) is 1.47. The van der Waals surface area contributed by atoms with Gasteiger partial charge in [-0.05, 0) is 18.9 Å². The Morgan fingerprint density at radius 3 is 2.85 bits per heavy atom. The highest BCUT2D eigenvalue weighted by atomic mass is 32.1. The van der Waals surface area contributed by atoms with Gasteiger partial charge >= 0.3 is 0 Å². The molecule has 0 fully saturated rings. The van der Waals surface area contributed by atoms with E-state index in [1.807, 2.05) is 6.92 Å². The summed E-state index contributed by atoms with van der Waals surface area (Å²) in [4.78, 5) is 3.16. The molecule has 0 aliphatic rings. The van der Waals surface area contributed by atoms with Crippen molar-refractivity contribution in [1.82, 2.24) is 20.4 Å². The maximum atomic E-state index is 5.29. The number of aryl methyl sites for hydroxylation is 1. The molecule has 68 valence electrons. The van der Waals surface area contributed by atoms with E-state index in [1.165, 1.54) is 0 Å². The van der Waals surface area contributed by atoms with Gasteiger partial charge in [-0.25, -0.2) is 0 Å². The quantitative estimate of drug-likeness (QED) is 0.681. The van der Waals surface area contributed by atoms with E-state index in [0.717, 1.165) is 33.4 Å². The maximum absolute atomic E-state index is 5.29. The van der Waals surface area contributed by atoms with Crippen LogP contribution in [0.15, 0.2) is 0 Å². The summed E-state index contributed by atoms with van der Waals surface area (Å²) < 4.78 is 0.808. The van der Waals surface area contributed by atoms with E-state index in [0.29, 0.717) is 0 Å². The van der Waals surface area contributed by atoms with Crippen molar-refractivity contribution < 1.29 is 0 Å². The van der Waals surface area contributed by atoms with Crippen LogP contribution in [0.3, 0.4) is 0 Å². The lowest BCUT2D eigenvalue weighted by Crippen LogP contribution is -1.93. The standard InChI is InChI=1S/C8H10N4S/c1-3-5-4(2)9-8-6(7(5)13)10-12-11-8/h3H2,1-2H3,(H2,9,10,11,12,13). The molecular formula is C8H10N4S. The Morgan fingerprint density at radius 2 is 2.15 bits per heavy atom. The van der Waals surface area contributed by atoms with Crippen LogP contribution in [-0.4, -0.2) is 20.4 Å². The predicted octanol–water partition coefficient (Wildman–Crippen LogP) is 1.89. The molecule has 2 aromatic rings. The van der Waals surface area contributed by atoms with Crippen LogP contribution in [0.1, 0.15) is 18.2 Å². The monoisotopic (exact) mass is 194 g/mol. The Bertz CT molecular complexity index is 496. The van der Waals surface area contributed by atoms with Gasteiger partial charge in [0.1, 0.15) is 5.52 Å². The van der Waals surface area contributed by atoms with Gasteiger partial charge in [-0.15, -0.1) is 5.10 Å². The Morgan fingerprint density at radius 1 is 1.38 bits per heavy atom. The first kappa shape index (κ1) is 8.37. The summed E-state index contributed by atoms with van der Waals surface area (Å²) in [7, 11) is 0. The lowest BCUT2D eigenvalue weighted by atomic mass is 10.1. The van der Waals surface area contributed by atoms with E-state index >= 15 is 0 Å². The number of nitrogens with one attached hydrogen (secondary N) is 2. The normalized spacial score (nSPS) is 10.9. The van der Waals surface area contributed by atoms with Crippen LogP contribution in [0.5, 0.6) is 0 Å². The fourth-order valence-corrected chi connectivity index (χ4v) is 1.91. The highest BCUT2D eigenvalue weighted by Gasteiger charge is 2.06. The number of rotatable bonds is 1. The molecule has 13 heavy (non-hydrogen) atoms. The largest absolute Gasteiger partial charge is 0.340 e. The molecule has 0 aliphatic carbocycles. The molecular weight excluding hydrogens is 184 g/mol. The van der Waals surface area contributed by atoms with Crippen LogP contribution in [0, 0.1) is 11.4 Å². The second-order valence-corrected chi connectivity index (χ2v) is 3.34. The molecule has 0 aromatic carbocycles. The Hall–Kier alpha value is -1.23. The zero-order chi connectivity index (χ0) is 9.42. The average Bonchev–Trinajstić information content (AvgIpc) is 2.53. The Kier molecular flexibility index (Phi) is 1.88. The highest BCUT2D eigenvalue weighted by Crippen LogP contribution is 2.15. The van der Waals surface area contributed by atoms with E-state index in [9.17, 15) is 0 Å². The lowest BCUT2D eigenvalue weighted by Gasteiger charge is -2.01. The second kappa shape index (κ2) is 2.92. The summed E-state index contributed by atoms with van der Waals surface area (Å²) in [5.41, 5.74) is 3.72. The first-order valence-electron chi connectivity index (χ1n) is 4.16. The molecule has 2 rings (SSSR count). The molecule has 4 nitrogen and oxygen atoms in total. The van der Waals surface area contributed by atoms with Gasteiger partial charge in [-0.3, -0.25) is 0 Å². The SMILES string of the molecule is CCc1c(C)[nH]c2n[nH]nc2c1=S. The van der Waals surface area contributed by atoms with E-state index in [1.54, 1.807) is 0 Å². The van der Waals surface area contributed by atoms with Crippen molar-refractivity contribution in [3.8, 4) is 0 Å². The first-order chi connectivity index (χ1) is 6.24. The Labute approximate surface area is 80.4 Å². The van der Waals surface area contributed by atoms with Crippen molar-refractivity contribution in [1.29, 1.82) is 0 Å². The number of nitrogens with zero attached hydrogens (tertiary/aromatic N) is 2. The van der Waals surface area contributed by atoms with Crippen molar-refractivity contribution in [2.75, 3.05) is 0 Å². The summed E-state index contributed by atoms with van der Waals surface area (Å²) in [6.45, 7) is 4.08. The Balaban J connectivity index is 2.93. The first-order valence-corrected chi connectivity index (χ1v) is 4.57. The second-order valence-electron chi connectivity index (χ2n) is 2.93. The molecule has 0 atom stereocenters. The summed E-state index contributed by atoms with van der Waals surface area (Å²) in [5, 5.41) is 10.5. The van der Waals surface area contributed by atoms with Gasteiger partial charge in [0.05, 0.1) is 4.51 Å². The average molecular weight is 194 g/mol. The minimum atomic E-state index is 0.736. The van der Waals surface area contributed by atoms with Crippen molar-refractivity contribution >= 4 is 23.4 Å². The van der Waals surface area contributed by atoms with Gasteiger partial charge in [0.15, 0.2) is 5.65 Å². The van der Waals surface area contributed by atoms with Crippen molar-refractivity contribution in [2.24, 2.45) is 0 Å². The number of fused-ring (bicyclic) bond motifs is 1. The lowest BCUT2D eigenvalue weighted by molar-refractivity contribution is 0.953. The molecule has 0 spiro atoms. The molecule has 0 amide bonds. The molecule has 0 bridgehead atoms. The van der Waals surface area contributed by atoms with Crippen LogP contribution in [0.4, 0.5) is 0 Å². The summed E-state index contributed by atoms with van der Waals surface area (Å²) in [6, 6.07) is 0. The third kappa shape index (κ3) is 1.16. The van der Waals surface area contributed by atoms with Crippen LogP contribution in [0.25, 0.3) is 11.2 Å². The third-order valence-electron chi connectivity index (χ3n) is 2.15. The van der Waals surface area contributed by atoms with E-state index < -0.39 is 0 Å². The maximum Gasteiger partial charge on any atom is 0.181 e. The topological polar surface area (TPSA) is 57.4 Å². The van der Waals surface area contributed by atoms with Gasteiger partial charge in [0.2, 0.25) is 0 Å². The number of H-pyrrole nitrogens is 2. The van der Waals surface area contributed by atoms with Crippen LogP contribution >= 0.6 is 12.2 Å². The van der Waals surface area contributed by atoms with Gasteiger partial charge in [-0.1, -0.05) is 19.1 Å². The summed E-state index contributed by atoms with van der Waals surface area (Å²) in [6.07, 6.45) is 0.921. The predicted molar refractivity (Wildman–Crippen MR) is 53.2 cm³/mol. The molecule has 0 radical (unpaired) electrons. The molecule has 2 aromatic heterocycles. The molecule has 2 heterocycles. The number of pyridine rings is 1. The molecule has 0 saturated carbocycles. The van der Waals surface area contributed by atoms with Gasteiger partial charge in [-0.2, -0.15) is 10.3 Å². The van der Waals surface area contributed by atoms with E-state index in [4.69, 9.17) is 12.2 Å². The summed E-state index contributed by atoms with van der Waals surface area (Å²) >= 11 is 5.29. The molecule has 2 N–H and O–H groups in total.